The van der Waals surface area contributed by atoms with Gasteiger partial charge in [-0.2, -0.15) is 0 Å². The maximum atomic E-state index is 5.12. The molecule has 0 aliphatic rings. The summed E-state index contributed by atoms with van der Waals surface area (Å²) in [5.41, 5.74) is 9.85. The van der Waals surface area contributed by atoms with Crippen LogP contribution in [0.4, 0.5) is 0 Å². The van der Waals surface area contributed by atoms with Gasteiger partial charge in [-0.3, -0.25) is 9.97 Å². The summed E-state index contributed by atoms with van der Waals surface area (Å²) in [5, 5.41) is 4.59. The highest BCUT2D eigenvalue weighted by Crippen LogP contribution is 2.33. The Morgan fingerprint density at radius 1 is 0.260 bits per heavy atom. The summed E-state index contributed by atoms with van der Waals surface area (Å²) in [5.74, 6) is 0.614. The fourth-order valence-electron chi connectivity index (χ4n) is 6.32. The van der Waals surface area contributed by atoms with Crippen LogP contribution in [0.3, 0.4) is 0 Å². The molecule has 9 rings (SSSR count). The molecule has 0 radical (unpaired) electrons. The minimum atomic E-state index is 0.614. The zero-order valence-corrected chi connectivity index (χ0v) is 27.0. The molecule has 234 valence electrons. The summed E-state index contributed by atoms with van der Waals surface area (Å²) < 4.78 is 0. The Hall–Kier alpha value is -6.85. The molecule has 0 fully saturated rings. The number of hydrogen-bond donors (Lipinski definition) is 0. The van der Waals surface area contributed by atoms with E-state index in [1.165, 1.54) is 10.8 Å². The van der Waals surface area contributed by atoms with Crippen molar-refractivity contribution in [1.29, 1.82) is 0 Å². The Bertz CT molecular complexity index is 2480. The van der Waals surface area contributed by atoms with Gasteiger partial charge in [0.05, 0.1) is 34.2 Å². The van der Waals surface area contributed by atoms with E-state index in [1.54, 1.807) is 0 Å². The van der Waals surface area contributed by atoms with Gasteiger partial charge in [0.25, 0.3) is 0 Å². The average molecular weight is 640 g/mol. The van der Waals surface area contributed by atoms with E-state index in [-0.39, 0.29) is 0 Å². The second-order valence-corrected chi connectivity index (χ2v) is 12.2. The minimum absolute atomic E-state index is 0.614. The van der Waals surface area contributed by atoms with E-state index < -0.39 is 0 Å². The summed E-state index contributed by atoms with van der Waals surface area (Å²) in [6.45, 7) is 0. The van der Waals surface area contributed by atoms with Crippen LogP contribution in [0.5, 0.6) is 0 Å². The molecule has 4 aromatic heterocycles. The number of benzene rings is 5. The van der Waals surface area contributed by atoms with E-state index in [9.17, 15) is 0 Å². The van der Waals surface area contributed by atoms with Crippen LogP contribution in [0, 0.1) is 0 Å². The van der Waals surface area contributed by atoms with Crippen molar-refractivity contribution in [3.8, 4) is 67.8 Å². The van der Waals surface area contributed by atoms with Crippen LogP contribution in [-0.2, 0) is 0 Å². The standard InChI is InChI=1S/C45H29N5/c1-3-12-31(13-4-1)40-27-41(32-14-5-2-6-15-32)50-45(49-40)37-21-22-39(46-29-37)43-25-38(35-20-19-30-11-7-8-16-33(30)23-35)26-44(48-43)42-24-34-17-9-10-18-36(34)28-47-42/h1-29H. The Labute approximate surface area is 289 Å². The van der Waals surface area contributed by atoms with Crippen LogP contribution < -0.4 is 0 Å². The molecule has 0 saturated heterocycles. The highest BCUT2D eigenvalue weighted by atomic mass is 14.9. The number of fused-ring (bicyclic) bond motifs is 2. The van der Waals surface area contributed by atoms with Crippen molar-refractivity contribution in [3.05, 3.63) is 176 Å². The lowest BCUT2D eigenvalue weighted by Gasteiger charge is -2.12. The first-order valence-corrected chi connectivity index (χ1v) is 16.6. The van der Waals surface area contributed by atoms with Crippen molar-refractivity contribution < 1.29 is 0 Å². The van der Waals surface area contributed by atoms with Gasteiger partial charge in [0.15, 0.2) is 5.82 Å². The Morgan fingerprint density at radius 2 is 0.820 bits per heavy atom. The molecule has 50 heavy (non-hydrogen) atoms. The SMILES string of the molecule is c1ccc(-c2cc(-c3ccccc3)nc(-c3ccc(-c4cc(-c5ccc6ccccc6c5)cc(-c5cc6ccccc6cn5)n4)nc3)n2)cc1. The molecule has 0 spiro atoms. The second kappa shape index (κ2) is 12.6. The Morgan fingerprint density at radius 3 is 1.48 bits per heavy atom. The van der Waals surface area contributed by atoms with Gasteiger partial charge in [0.2, 0.25) is 0 Å². The van der Waals surface area contributed by atoms with E-state index in [4.69, 9.17) is 24.9 Å². The summed E-state index contributed by atoms with van der Waals surface area (Å²) in [7, 11) is 0. The molecule has 0 saturated carbocycles. The third-order valence-electron chi connectivity index (χ3n) is 8.95. The summed E-state index contributed by atoms with van der Waals surface area (Å²) in [6.07, 6.45) is 3.75. The van der Waals surface area contributed by atoms with E-state index in [0.717, 1.165) is 72.8 Å². The van der Waals surface area contributed by atoms with E-state index in [0.29, 0.717) is 5.82 Å². The van der Waals surface area contributed by atoms with E-state index in [1.807, 2.05) is 79.1 Å². The van der Waals surface area contributed by atoms with Gasteiger partial charge >= 0.3 is 0 Å². The quantitative estimate of drug-likeness (QED) is 0.181. The molecule has 0 amide bonds. The molecule has 0 N–H and O–H groups in total. The van der Waals surface area contributed by atoms with Gasteiger partial charge in [-0.1, -0.05) is 121 Å². The monoisotopic (exact) mass is 639 g/mol. The lowest BCUT2D eigenvalue weighted by molar-refractivity contribution is 1.17. The highest BCUT2D eigenvalue weighted by Gasteiger charge is 2.14. The smallest absolute Gasteiger partial charge is 0.161 e. The largest absolute Gasteiger partial charge is 0.254 e. The number of hydrogen-bond acceptors (Lipinski definition) is 5. The average Bonchev–Trinajstić information content (AvgIpc) is 3.21. The third-order valence-corrected chi connectivity index (χ3v) is 8.95. The minimum Gasteiger partial charge on any atom is -0.254 e. The molecule has 0 unspecified atom stereocenters. The summed E-state index contributed by atoms with van der Waals surface area (Å²) >= 11 is 0. The molecule has 9 aromatic rings. The molecule has 5 aromatic carbocycles. The van der Waals surface area contributed by atoms with Gasteiger partial charge < -0.3 is 0 Å². The number of rotatable bonds is 6. The number of pyridine rings is 3. The molecule has 0 aliphatic carbocycles. The van der Waals surface area contributed by atoms with Crippen molar-refractivity contribution >= 4 is 21.5 Å². The summed E-state index contributed by atoms with van der Waals surface area (Å²) in [4.78, 5) is 24.8. The normalized spacial score (nSPS) is 11.2. The molecule has 5 heteroatoms. The van der Waals surface area contributed by atoms with Crippen molar-refractivity contribution in [1.82, 2.24) is 24.9 Å². The highest BCUT2D eigenvalue weighted by molar-refractivity contribution is 5.89. The summed E-state index contributed by atoms with van der Waals surface area (Å²) in [6, 6.07) is 56.0. The van der Waals surface area contributed by atoms with E-state index in [2.05, 4.69) is 97.1 Å². The molecule has 5 nitrogen and oxygen atoms in total. The predicted octanol–water partition coefficient (Wildman–Crippen LogP) is 11.0. The fourth-order valence-corrected chi connectivity index (χ4v) is 6.32. The van der Waals surface area contributed by atoms with Gasteiger partial charge in [-0.15, -0.1) is 0 Å². The lowest BCUT2D eigenvalue weighted by atomic mass is 9.99. The first-order valence-electron chi connectivity index (χ1n) is 16.6. The van der Waals surface area contributed by atoms with Crippen LogP contribution >= 0.6 is 0 Å². The Balaban J connectivity index is 1.15. The van der Waals surface area contributed by atoms with Gasteiger partial charge in [0, 0.05) is 34.5 Å². The first-order chi connectivity index (χ1) is 24.7. The molecule has 0 atom stereocenters. The molecular weight excluding hydrogens is 611 g/mol. The van der Waals surface area contributed by atoms with Gasteiger partial charge in [-0.05, 0) is 69.8 Å². The first kappa shape index (κ1) is 29.3. The molecule has 0 aliphatic heterocycles. The number of aromatic nitrogens is 5. The van der Waals surface area contributed by atoms with Gasteiger partial charge in [0.1, 0.15) is 0 Å². The molecular formula is C45H29N5. The van der Waals surface area contributed by atoms with Crippen LogP contribution in [0.15, 0.2) is 176 Å². The zero-order valence-electron chi connectivity index (χ0n) is 27.0. The maximum absolute atomic E-state index is 5.12. The predicted molar refractivity (Wildman–Crippen MR) is 203 cm³/mol. The molecule has 4 heterocycles. The number of nitrogens with zero attached hydrogens (tertiary/aromatic N) is 5. The van der Waals surface area contributed by atoms with Crippen LogP contribution in [0.2, 0.25) is 0 Å². The van der Waals surface area contributed by atoms with Crippen LogP contribution in [0.1, 0.15) is 0 Å². The van der Waals surface area contributed by atoms with Crippen LogP contribution in [-0.4, -0.2) is 24.9 Å². The van der Waals surface area contributed by atoms with E-state index >= 15 is 0 Å². The van der Waals surface area contributed by atoms with Crippen molar-refractivity contribution in [2.45, 2.75) is 0 Å². The third kappa shape index (κ3) is 5.78. The van der Waals surface area contributed by atoms with Crippen molar-refractivity contribution in [2.75, 3.05) is 0 Å². The van der Waals surface area contributed by atoms with Crippen molar-refractivity contribution in [2.24, 2.45) is 0 Å². The molecule has 0 bridgehead atoms. The Kier molecular flexibility index (Phi) is 7.41. The zero-order chi connectivity index (χ0) is 33.3. The van der Waals surface area contributed by atoms with Crippen molar-refractivity contribution in [3.63, 3.8) is 0 Å². The second-order valence-electron chi connectivity index (χ2n) is 12.2. The fraction of sp³-hybridized carbons (Fsp3) is 0. The maximum Gasteiger partial charge on any atom is 0.161 e. The van der Waals surface area contributed by atoms with Crippen LogP contribution in [0.25, 0.3) is 89.4 Å². The lowest BCUT2D eigenvalue weighted by Crippen LogP contribution is -1.97. The van der Waals surface area contributed by atoms with Gasteiger partial charge in [-0.25, -0.2) is 15.0 Å². The topological polar surface area (TPSA) is 64.5 Å².